The zero-order valence-corrected chi connectivity index (χ0v) is 24.5. The summed E-state index contributed by atoms with van der Waals surface area (Å²) in [6.07, 6.45) is 4.29. The zero-order valence-electron chi connectivity index (χ0n) is 24.5. The average Bonchev–Trinajstić information content (AvgIpc) is 3.42. The lowest BCUT2D eigenvalue weighted by Gasteiger charge is -2.33. The van der Waals surface area contributed by atoms with Crippen LogP contribution >= 0.6 is 0 Å². The summed E-state index contributed by atoms with van der Waals surface area (Å²) >= 11 is 0. The first-order valence-electron chi connectivity index (χ1n) is 14.1. The standard InChI is InChI=1S/C31H45N3O7/c1-6-12-23(18-27(36)34-17-11-16-24(34)19-35)28(37)33-26(31(3,4)5)21-40-29(38)25(13-7-2)32-30(39)41-20-22-14-9-8-10-15-22/h6-10,14-15,23-26,35H,1-2,11-13,16-21H2,3-5H3,(H,32,39)(H,33,37)/t23-,24+,25-,26-/m1/s1. The average molecular weight is 572 g/mol. The highest BCUT2D eigenvalue weighted by molar-refractivity contribution is 5.86. The number of carbonyl (C=O) groups is 4. The van der Waals surface area contributed by atoms with E-state index in [4.69, 9.17) is 9.47 Å². The first-order valence-corrected chi connectivity index (χ1v) is 14.1. The van der Waals surface area contributed by atoms with E-state index in [0.29, 0.717) is 13.0 Å². The molecule has 10 nitrogen and oxygen atoms in total. The van der Waals surface area contributed by atoms with Crippen LogP contribution in [0.4, 0.5) is 4.79 Å². The minimum atomic E-state index is -1.02. The molecule has 1 fully saturated rings. The van der Waals surface area contributed by atoms with Crippen molar-refractivity contribution in [2.24, 2.45) is 11.3 Å². The molecule has 0 unspecified atom stereocenters. The number of nitrogens with one attached hydrogen (secondary N) is 2. The number of benzene rings is 1. The van der Waals surface area contributed by atoms with Crippen LogP contribution < -0.4 is 10.6 Å². The lowest BCUT2D eigenvalue weighted by molar-refractivity contribution is -0.148. The van der Waals surface area contributed by atoms with Crippen LogP contribution in [0.5, 0.6) is 0 Å². The van der Waals surface area contributed by atoms with Gasteiger partial charge in [-0.3, -0.25) is 9.59 Å². The van der Waals surface area contributed by atoms with Gasteiger partial charge < -0.3 is 30.1 Å². The summed E-state index contributed by atoms with van der Waals surface area (Å²) in [7, 11) is 0. The van der Waals surface area contributed by atoms with Crippen LogP contribution in [0, 0.1) is 11.3 Å². The summed E-state index contributed by atoms with van der Waals surface area (Å²) in [4.78, 5) is 53.1. The van der Waals surface area contributed by atoms with Crippen molar-refractivity contribution in [2.75, 3.05) is 19.8 Å². The van der Waals surface area contributed by atoms with Crippen molar-refractivity contribution < 1.29 is 33.8 Å². The van der Waals surface area contributed by atoms with Crippen molar-refractivity contribution in [1.29, 1.82) is 0 Å². The minimum Gasteiger partial charge on any atom is -0.462 e. The molecule has 4 atom stereocenters. The number of nitrogens with zero attached hydrogens (tertiary/aromatic N) is 1. The molecule has 1 aliphatic heterocycles. The summed E-state index contributed by atoms with van der Waals surface area (Å²) in [5.41, 5.74) is 0.311. The van der Waals surface area contributed by atoms with E-state index in [1.807, 2.05) is 51.1 Å². The third-order valence-electron chi connectivity index (χ3n) is 7.10. The van der Waals surface area contributed by atoms with Crippen LogP contribution in [-0.4, -0.2) is 71.8 Å². The lowest BCUT2D eigenvalue weighted by Crippen LogP contribution is -2.51. The number of ether oxygens (including phenoxy) is 2. The Morgan fingerprint density at radius 1 is 1.07 bits per heavy atom. The largest absolute Gasteiger partial charge is 0.462 e. The molecule has 1 heterocycles. The molecule has 0 radical (unpaired) electrons. The second-order valence-electron chi connectivity index (χ2n) is 11.3. The number of aliphatic hydroxyl groups excluding tert-OH is 1. The van der Waals surface area contributed by atoms with Crippen LogP contribution in [-0.2, 0) is 30.5 Å². The zero-order chi connectivity index (χ0) is 30.4. The number of rotatable bonds is 15. The van der Waals surface area contributed by atoms with Crippen LogP contribution in [0.3, 0.4) is 0 Å². The van der Waals surface area contributed by atoms with Crippen LogP contribution in [0.1, 0.15) is 58.4 Å². The molecule has 41 heavy (non-hydrogen) atoms. The first-order chi connectivity index (χ1) is 19.5. The van der Waals surface area contributed by atoms with E-state index in [-0.39, 0.29) is 50.5 Å². The molecular weight excluding hydrogens is 526 g/mol. The quantitative estimate of drug-likeness (QED) is 0.217. The molecule has 0 bridgehead atoms. The molecule has 1 aromatic carbocycles. The van der Waals surface area contributed by atoms with Gasteiger partial charge in [0.1, 0.15) is 19.3 Å². The number of amides is 3. The Kier molecular flexibility index (Phi) is 13.6. The monoisotopic (exact) mass is 571 g/mol. The Bertz CT molecular complexity index is 1040. The van der Waals surface area contributed by atoms with E-state index >= 15 is 0 Å². The number of alkyl carbamates (subject to hydrolysis) is 1. The van der Waals surface area contributed by atoms with E-state index in [1.54, 1.807) is 11.0 Å². The molecule has 3 amide bonds. The van der Waals surface area contributed by atoms with Crippen molar-refractivity contribution in [2.45, 2.75) is 77.6 Å². The summed E-state index contributed by atoms with van der Waals surface area (Å²) in [6, 6.07) is 7.34. The van der Waals surface area contributed by atoms with Crippen molar-refractivity contribution >= 4 is 23.9 Å². The van der Waals surface area contributed by atoms with Crippen LogP contribution in [0.2, 0.25) is 0 Å². The Hall–Kier alpha value is -3.66. The molecular formula is C31H45N3O7. The maximum atomic E-state index is 13.3. The first kappa shape index (κ1) is 33.5. The van der Waals surface area contributed by atoms with Gasteiger partial charge in [0.25, 0.3) is 0 Å². The smallest absolute Gasteiger partial charge is 0.408 e. The van der Waals surface area contributed by atoms with E-state index in [1.165, 1.54) is 6.08 Å². The summed E-state index contributed by atoms with van der Waals surface area (Å²) in [5, 5.41) is 15.0. The summed E-state index contributed by atoms with van der Waals surface area (Å²) < 4.78 is 10.8. The third-order valence-corrected chi connectivity index (χ3v) is 7.10. The van der Waals surface area contributed by atoms with Gasteiger partial charge >= 0.3 is 12.1 Å². The van der Waals surface area contributed by atoms with Gasteiger partial charge in [-0.15, -0.1) is 13.2 Å². The van der Waals surface area contributed by atoms with E-state index in [2.05, 4.69) is 23.8 Å². The molecule has 3 N–H and O–H groups in total. The van der Waals surface area contributed by atoms with Gasteiger partial charge in [-0.05, 0) is 36.7 Å². The molecule has 1 saturated heterocycles. The van der Waals surface area contributed by atoms with Crippen molar-refractivity contribution in [3.63, 3.8) is 0 Å². The lowest BCUT2D eigenvalue weighted by atomic mass is 9.86. The van der Waals surface area contributed by atoms with Gasteiger partial charge in [-0.2, -0.15) is 0 Å². The van der Waals surface area contributed by atoms with Gasteiger partial charge in [-0.1, -0.05) is 63.3 Å². The SMILES string of the molecule is C=CC[C@H](CC(=O)N1CCC[C@H]1CO)C(=O)N[C@H](COC(=O)[C@@H](CC=C)NC(=O)OCc1ccccc1)C(C)(C)C. The fourth-order valence-electron chi connectivity index (χ4n) is 4.52. The van der Waals surface area contributed by atoms with Gasteiger partial charge in [-0.25, -0.2) is 9.59 Å². The molecule has 1 aliphatic rings. The predicted octanol–water partition coefficient (Wildman–Crippen LogP) is 3.50. The molecule has 1 aromatic rings. The number of carbonyl (C=O) groups excluding carboxylic acids is 4. The van der Waals surface area contributed by atoms with Gasteiger partial charge in [0.15, 0.2) is 0 Å². The fourth-order valence-corrected chi connectivity index (χ4v) is 4.52. The Morgan fingerprint density at radius 2 is 1.76 bits per heavy atom. The van der Waals surface area contributed by atoms with Gasteiger partial charge in [0, 0.05) is 13.0 Å². The fraction of sp³-hybridized carbons (Fsp3) is 0.548. The number of hydrogen-bond donors (Lipinski definition) is 3. The molecule has 2 rings (SSSR count). The molecule has 10 heteroatoms. The van der Waals surface area contributed by atoms with E-state index in [9.17, 15) is 24.3 Å². The Labute approximate surface area is 243 Å². The molecule has 0 aliphatic carbocycles. The summed E-state index contributed by atoms with van der Waals surface area (Å²) in [5.74, 6) is -1.87. The highest BCUT2D eigenvalue weighted by Crippen LogP contribution is 2.23. The topological polar surface area (TPSA) is 134 Å². The second-order valence-corrected chi connectivity index (χ2v) is 11.3. The normalized spacial score (nSPS) is 17.1. The number of allylic oxidation sites excluding steroid dienone is 1. The number of aliphatic hydroxyl groups is 1. The minimum absolute atomic E-state index is 0.0125. The van der Waals surface area contributed by atoms with Crippen LogP contribution in [0.15, 0.2) is 55.6 Å². The van der Waals surface area contributed by atoms with Crippen LogP contribution in [0.25, 0.3) is 0 Å². The maximum absolute atomic E-state index is 13.3. The maximum Gasteiger partial charge on any atom is 0.408 e. The predicted molar refractivity (Wildman–Crippen MR) is 155 cm³/mol. The third kappa shape index (κ3) is 11.0. The molecule has 0 saturated carbocycles. The summed E-state index contributed by atoms with van der Waals surface area (Å²) in [6.45, 7) is 13.4. The Morgan fingerprint density at radius 3 is 2.37 bits per heavy atom. The number of esters is 1. The van der Waals surface area contributed by atoms with E-state index in [0.717, 1.165) is 18.4 Å². The Balaban J connectivity index is 1.99. The highest BCUT2D eigenvalue weighted by Gasteiger charge is 2.34. The second kappa shape index (κ2) is 16.6. The van der Waals surface area contributed by atoms with E-state index < -0.39 is 35.5 Å². The van der Waals surface area contributed by atoms with Gasteiger partial charge in [0.2, 0.25) is 11.8 Å². The molecule has 226 valence electrons. The molecule has 0 aromatic heterocycles. The van der Waals surface area contributed by atoms with Gasteiger partial charge in [0.05, 0.1) is 24.6 Å². The van der Waals surface area contributed by atoms with Crippen molar-refractivity contribution in [3.8, 4) is 0 Å². The highest BCUT2D eigenvalue weighted by atomic mass is 16.6. The number of hydrogen-bond acceptors (Lipinski definition) is 7. The van der Waals surface area contributed by atoms with Crippen molar-refractivity contribution in [1.82, 2.24) is 15.5 Å². The number of likely N-dealkylation sites (tertiary alicyclic amines) is 1. The molecule has 0 spiro atoms. The van der Waals surface area contributed by atoms with Crippen molar-refractivity contribution in [3.05, 3.63) is 61.2 Å².